The van der Waals surface area contributed by atoms with E-state index >= 15 is 0 Å². The topological polar surface area (TPSA) is 49.3 Å². The number of nitrogens with one attached hydrogen (secondary N) is 1. The van der Waals surface area contributed by atoms with E-state index < -0.39 is 0 Å². The third-order valence-electron chi connectivity index (χ3n) is 2.62. The highest BCUT2D eigenvalue weighted by Crippen LogP contribution is 2.15. The van der Waals surface area contributed by atoms with Gasteiger partial charge in [-0.05, 0) is 17.7 Å². The van der Waals surface area contributed by atoms with E-state index in [9.17, 15) is 4.79 Å². The molecule has 0 bridgehead atoms. The second kappa shape index (κ2) is 7.49. The fourth-order valence-electron chi connectivity index (χ4n) is 1.70. The lowest BCUT2D eigenvalue weighted by Crippen LogP contribution is -2.24. The van der Waals surface area contributed by atoms with Gasteiger partial charge in [0, 0.05) is 4.88 Å². The number of hydrogen-bond donors (Lipinski definition) is 2. The van der Waals surface area contributed by atoms with E-state index in [2.05, 4.69) is 17.2 Å². The van der Waals surface area contributed by atoms with Gasteiger partial charge in [0.15, 0.2) is 0 Å². The third-order valence-corrected chi connectivity index (χ3v) is 3.62. The summed E-state index contributed by atoms with van der Waals surface area (Å²) in [5.74, 6) is 5.46. The molecule has 0 spiro atoms. The zero-order valence-electron chi connectivity index (χ0n) is 10.9. The second-order valence-electron chi connectivity index (χ2n) is 4.16. The molecule has 3 nitrogen and oxygen atoms in total. The minimum Gasteiger partial charge on any atom is -0.384 e. The van der Waals surface area contributed by atoms with Crippen LogP contribution in [0.1, 0.15) is 15.3 Å². The summed E-state index contributed by atoms with van der Waals surface area (Å²) in [6.45, 7) is 0.373. The number of aliphatic hydroxyl groups is 1. The van der Waals surface area contributed by atoms with E-state index in [-0.39, 0.29) is 12.5 Å². The van der Waals surface area contributed by atoms with Crippen LogP contribution in [0.25, 0.3) is 0 Å². The number of amides is 1. The molecular formula is C16H15NO2S. The zero-order chi connectivity index (χ0) is 14.2. The molecule has 1 aromatic heterocycles. The van der Waals surface area contributed by atoms with Gasteiger partial charge in [-0.25, -0.2) is 0 Å². The minimum atomic E-state index is -0.138. The highest BCUT2D eigenvalue weighted by Gasteiger charge is 2.04. The zero-order valence-corrected chi connectivity index (χ0v) is 11.7. The van der Waals surface area contributed by atoms with Crippen molar-refractivity contribution in [2.24, 2.45) is 0 Å². The van der Waals surface area contributed by atoms with Gasteiger partial charge in [0.05, 0.1) is 17.8 Å². The van der Waals surface area contributed by atoms with Gasteiger partial charge < -0.3 is 10.4 Å². The molecule has 0 radical (unpaired) electrons. The first-order valence-corrected chi connectivity index (χ1v) is 7.08. The van der Waals surface area contributed by atoms with Crippen molar-refractivity contribution < 1.29 is 9.90 Å². The lowest BCUT2D eigenvalue weighted by atomic mass is 10.1. The minimum absolute atomic E-state index is 0.00703. The van der Waals surface area contributed by atoms with Crippen molar-refractivity contribution >= 4 is 17.2 Å². The van der Waals surface area contributed by atoms with Crippen LogP contribution in [-0.2, 0) is 17.8 Å². The lowest BCUT2D eigenvalue weighted by Gasteiger charge is -2.03. The van der Waals surface area contributed by atoms with Crippen LogP contribution in [0.3, 0.4) is 0 Å². The summed E-state index contributed by atoms with van der Waals surface area (Å²) < 4.78 is 0. The van der Waals surface area contributed by atoms with Crippen LogP contribution in [0.5, 0.6) is 0 Å². The largest absolute Gasteiger partial charge is 0.384 e. The fraction of sp³-hybridized carbons (Fsp3) is 0.188. The molecule has 20 heavy (non-hydrogen) atoms. The number of aliphatic hydroxyl groups excluding tert-OH is 1. The van der Waals surface area contributed by atoms with Crippen molar-refractivity contribution in [1.29, 1.82) is 0 Å². The predicted octanol–water partition coefficient (Wildman–Crippen LogP) is 1.95. The van der Waals surface area contributed by atoms with Crippen molar-refractivity contribution in [1.82, 2.24) is 5.32 Å². The number of carbonyl (C=O) groups excluding carboxylic acids is 1. The van der Waals surface area contributed by atoms with Gasteiger partial charge in [0.1, 0.15) is 6.61 Å². The maximum absolute atomic E-state index is 11.8. The molecule has 2 rings (SSSR count). The SMILES string of the molecule is O=C(Cc1ccccc1)NCc1ccc(C#CCO)s1. The molecule has 0 aliphatic heterocycles. The van der Waals surface area contributed by atoms with Crippen LogP contribution in [0, 0.1) is 11.8 Å². The Morgan fingerprint density at radius 2 is 2.00 bits per heavy atom. The third kappa shape index (κ3) is 4.54. The summed E-state index contributed by atoms with van der Waals surface area (Å²) in [4.78, 5) is 13.7. The number of benzene rings is 1. The first-order chi connectivity index (χ1) is 9.78. The van der Waals surface area contributed by atoms with Crippen LogP contribution in [-0.4, -0.2) is 17.6 Å². The molecule has 0 unspecified atom stereocenters. The molecule has 0 aliphatic carbocycles. The van der Waals surface area contributed by atoms with Crippen molar-refractivity contribution in [2.45, 2.75) is 13.0 Å². The quantitative estimate of drug-likeness (QED) is 0.844. The molecule has 1 heterocycles. The van der Waals surface area contributed by atoms with E-state index in [0.717, 1.165) is 15.3 Å². The Hall–Kier alpha value is -2.09. The smallest absolute Gasteiger partial charge is 0.224 e. The summed E-state index contributed by atoms with van der Waals surface area (Å²) in [5, 5.41) is 11.5. The van der Waals surface area contributed by atoms with Gasteiger partial charge in [-0.3, -0.25) is 4.79 Å². The maximum Gasteiger partial charge on any atom is 0.224 e. The normalized spacial score (nSPS) is 9.65. The molecule has 2 N–H and O–H groups in total. The average molecular weight is 285 g/mol. The Labute approximate surface area is 122 Å². The van der Waals surface area contributed by atoms with Crippen molar-refractivity contribution in [3.63, 3.8) is 0 Å². The van der Waals surface area contributed by atoms with Crippen LogP contribution >= 0.6 is 11.3 Å². The molecule has 0 fully saturated rings. The summed E-state index contributed by atoms with van der Waals surface area (Å²) in [6.07, 6.45) is 0.392. The molecule has 0 aliphatic rings. The molecule has 4 heteroatoms. The summed E-state index contributed by atoms with van der Waals surface area (Å²) in [5.41, 5.74) is 1.01. The molecule has 0 saturated carbocycles. The van der Waals surface area contributed by atoms with E-state index in [1.165, 1.54) is 11.3 Å². The fourth-order valence-corrected chi connectivity index (χ4v) is 2.52. The van der Waals surface area contributed by atoms with Gasteiger partial charge in [-0.15, -0.1) is 11.3 Å². The van der Waals surface area contributed by atoms with Gasteiger partial charge >= 0.3 is 0 Å². The highest BCUT2D eigenvalue weighted by molar-refractivity contribution is 7.12. The van der Waals surface area contributed by atoms with Gasteiger partial charge in [-0.2, -0.15) is 0 Å². The Morgan fingerprint density at radius 3 is 2.75 bits per heavy atom. The van der Waals surface area contributed by atoms with Crippen LogP contribution in [0.15, 0.2) is 42.5 Å². The molecule has 102 valence electrons. The lowest BCUT2D eigenvalue weighted by molar-refractivity contribution is -0.120. The van der Waals surface area contributed by atoms with Crippen molar-refractivity contribution in [3.05, 3.63) is 57.8 Å². The van der Waals surface area contributed by atoms with Crippen molar-refractivity contribution in [3.8, 4) is 11.8 Å². The number of hydrogen-bond acceptors (Lipinski definition) is 3. The van der Waals surface area contributed by atoms with E-state index in [4.69, 9.17) is 5.11 Å². The van der Waals surface area contributed by atoms with Crippen LogP contribution < -0.4 is 5.32 Å². The molecule has 0 atom stereocenters. The number of thiophene rings is 1. The first kappa shape index (κ1) is 14.3. The average Bonchev–Trinajstić information content (AvgIpc) is 2.92. The Kier molecular flexibility index (Phi) is 5.36. The van der Waals surface area contributed by atoms with Crippen molar-refractivity contribution in [2.75, 3.05) is 6.61 Å². The predicted molar refractivity (Wildman–Crippen MR) is 80.3 cm³/mol. The molecule has 0 saturated heterocycles. The Morgan fingerprint density at radius 1 is 1.20 bits per heavy atom. The van der Waals surface area contributed by atoms with Gasteiger partial charge in [0.25, 0.3) is 0 Å². The highest BCUT2D eigenvalue weighted by atomic mass is 32.1. The summed E-state index contributed by atoms with van der Waals surface area (Å²) >= 11 is 1.52. The first-order valence-electron chi connectivity index (χ1n) is 6.27. The molecule has 1 amide bonds. The van der Waals surface area contributed by atoms with Crippen LogP contribution in [0.2, 0.25) is 0 Å². The monoisotopic (exact) mass is 285 g/mol. The Bertz CT molecular complexity index is 623. The van der Waals surface area contributed by atoms with E-state index in [0.29, 0.717) is 13.0 Å². The number of rotatable bonds is 4. The van der Waals surface area contributed by atoms with Gasteiger partial charge in [-0.1, -0.05) is 42.2 Å². The van der Waals surface area contributed by atoms with E-state index in [1.807, 2.05) is 42.5 Å². The summed E-state index contributed by atoms with van der Waals surface area (Å²) in [7, 11) is 0. The second-order valence-corrected chi connectivity index (χ2v) is 5.33. The molecule has 2 aromatic rings. The van der Waals surface area contributed by atoms with Crippen LogP contribution in [0.4, 0.5) is 0 Å². The molecule has 1 aromatic carbocycles. The standard InChI is InChI=1S/C16H15NO2S/c18-10-4-7-14-8-9-15(20-14)12-17-16(19)11-13-5-2-1-3-6-13/h1-3,5-6,8-9,18H,10-12H2,(H,17,19). The number of carbonyl (C=O) groups is 1. The summed E-state index contributed by atoms with van der Waals surface area (Å²) in [6, 6.07) is 13.5. The maximum atomic E-state index is 11.8. The van der Waals surface area contributed by atoms with E-state index in [1.54, 1.807) is 0 Å². The Balaban J connectivity index is 1.83. The molecular weight excluding hydrogens is 270 g/mol. The van der Waals surface area contributed by atoms with Gasteiger partial charge in [0.2, 0.25) is 5.91 Å².